The minimum Gasteiger partial charge on any atom is -0.453 e. The van der Waals surface area contributed by atoms with E-state index in [9.17, 15) is 9.59 Å². The Bertz CT molecular complexity index is 708. The Morgan fingerprint density at radius 3 is 2.70 bits per heavy atom. The minimum atomic E-state index is -0.530. The smallest absolute Gasteiger partial charge is 0.410 e. The number of carbonyl (C=O) groups excluding carboxylic acids is 2. The van der Waals surface area contributed by atoms with Crippen molar-refractivity contribution in [2.24, 2.45) is 5.92 Å². The summed E-state index contributed by atoms with van der Waals surface area (Å²) in [5, 5.41) is 0.915. The van der Waals surface area contributed by atoms with Crippen LogP contribution in [0.2, 0.25) is 0 Å². The molecule has 122 valence electrons. The number of amides is 1. The van der Waals surface area contributed by atoms with Gasteiger partial charge in [-0.3, -0.25) is 4.79 Å². The highest BCUT2D eigenvalue weighted by atomic mass is 16.6. The number of hydrogen-bond acceptors (Lipinski definition) is 4. The number of para-hydroxylation sites is 1. The maximum Gasteiger partial charge on any atom is 0.410 e. The number of likely N-dealkylation sites (tertiary alicyclic amines) is 1. The zero-order valence-electron chi connectivity index (χ0n) is 13.7. The molecule has 0 saturated carbocycles. The molecule has 0 spiro atoms. The van der Waals surface area contributed by atoms with E-state index in [2.05, 4.69) is 0 Å². The average Bonchev–Trinajstić information content (AvgIpc) is 3.11. The van der Waals surface area contributed by atoms with Crippen LogP contribution in [0.3, 0.4) is 0 Å². The van der Waals surface area contributed by atoms with E-state index >= 15 is 0 Å². The Balaban J connectivity index is 1.68. The normalized spacial score (nSPS) is 18.4. The van der Waals surface area contributed by atoms with Gasteiger partial charge >= 0.3 is 6.09 Å². The zero-order valence-corrected chi connectivity index (χ0v) is 13.7. The summed E-state index contributed by atoms with van der Waals surface area (Å²) in [5.41, 5.74) is 0.176. The summed E-state index contributed by atoms with van der Waals surface area (Å²) in [4.78, 5) is 26.3. The number of rotatable bonds is 2. The lowest BCUT2D eigenvalue weighted by Gasteiger charge is -2.24. The number of ketones is 1. The summed E-state index contributed by atoms with van der Waals surface area (Å²) >= 11 is 0. The maximum absolute atomic E-state index is 12.6. The van der Waals surface area contributed by atoms with Gasteiger partial charge in [-0.1, -0.05) is 18.2 Å². The monoisotopic (exact) mass is 315 g/mol. The van der Waals surface area contributed by atoms with Crippen LogP contribution in [-0.4, -0.2) is 35.5 Å². The fourth-order valence-electron chi connectivity index (χ4n) is 2.77. The number of hydrogen-bond donors (Lipinski definition) is 0. The van der Waals surface area contributed by atoms with Gasteiger partial charge in [0.2, 0.25) is 5.78 Å². The Kier molecular flexibility index (Phi) is 3.88. The molecule has 1 amide bonds. The van der Waals surface area contributed by atoms with Gasteiger partial charge in [-0.15, -0.1) is 0 Å². The van der Waals surface area contributed by atoms with E-state index in [1.165, 1.54) is 0 Å². The summed E-state index contributed by atoms with van der Waals surface area (Å²) in [5.74, 6) is 0.0811. The Morgan fingerprint density at radius 1 is 1.26 bits per heavy atom. The topological polar surface area (TPSA) is 59.8 Å². The maximum atomic E-state index is 12.6. The van der Waals surface area contributed by atoms with Crippen molar-refractivity contribution in [3.63, 3.8) is 0 Å². The number of Topliss-reactive ketones (excluding diaryl/α,β-unsaturated/α-hetero) is 1. The van der Waals surface area contributed by atoms with E-state index in [0.29, 0.717) is 30.9 Å². The number of furan rings is 1. The van der Waals surface area contributed by atoms with Crippen molar-refractivity contribution in [3.05, 3.63) is 36.1 Å². The van der Waals surface area contributed by atoms with Crippen LogP contribution in [0.1, 0.15) is 37.7 Å². The molecule has 1 aliphatic heterocycles. The third-order valence-electron chi connectivity index (χ3n) is 3.88. The third-order valence-corrected chi connectivity index (χ3v) is 3.88. The molecule has 5 nitrogen and oxygen atoms in total. The highest BCUT2D eigenvalue weighted by molar-refractivity contribution is 5.99. The number of nitrogens with zero attached hydrogens (tertiary/aromatic N) is 1. The van der Waals surface area contributed by atoms with Crippen molar-refractivity contribution in [2.45, 2.75) is 32.8 Å². The molecule has 0 aliphatic carbocycles. The van der Waals surface area contributed by atoms with Crippen LogP contribution in [0, 0.1) is 5.92 Å². The average molecular weight is 315 g/mol. The van der Waals surface area contributed by atoms with E-state index in [-0.39, 0.29) is 17.8 Å². The van der Waals surface area contributed by atoms with Crippen LogP contribution in [0.5, 0.6) is 0 Å². The molecule has 1 aliphatic rings. The van der Waals surface area contributed by atoms with E-state index in [0.717, 1.165) is 5.39 Å². The van der Waals surface area contributed by atoms with Gasteiger partial charge in [0.1, 0.15) is 11.2 Å². The first kappa shape index (κ1) is 15.6. The fourth-order valence-corrected chi connectivity index (χ4v) is 2.77. The second-order valence-electron chi connectivity index (χ2n) is 6.92. The molecule has 23 heavy (non-hydrogen) atoms. The first-order chi connectivity index (χ1) is 10.8. The summed E-state index contributed by atoms with van der Waals surface area (Å²) in [6.07, 6.45) is 0.271. The molecule has 3 rings (SSSR count). The Hall–Kier alpha value is -2.30. The molecule has 1 atom stereocenters. The number of benzene rings is 1. The molecule has 1 saturated heterocycles. The van der Waals surface area contributed by atoms with Gasteiger partial charge in [0.05, 0.1) is 0 Å². The van der Waals surface area contributed by atoms with E-state index in [4.69, 9.17) is 9.15 Å². The Labute approximate surface area is 135 Å². The molecular formula is C18H21NO4. The van der Waals surface area contributed by atoms with Crippen molar-refractivity contribution in [3.8, 4) is 0 Å². The van der Waals surface area contributed by atoms with Crippen molar-refractivity contribution < 1.29 is 18.7 Å². The van der Waals surface area contributed by atoms with E-state index in [1.54, 1.807) is 11.0 Å². The van der Waals surface area contributed by atoms with Gasteiger partial charge in [0.15, 0.2) is 5.76 Å². The highest BCUT2D eigenvalue weighted by Crippen LogP contribution is 2.26. The first-order valence-electron chi connectivity index (χ1n) is 7.84. The van der Waals surface area contributed by atoms with Crippen molar-refractivity contribution in [1.29, 1.82) is 0 Å². The van der Waals surface area contributed by atoms with Crippen LogP contribution in [0.15, 0.2) is 34.7 Å². The van der Waals surface area contributed by atoms with Crippen LogP contribution >= 0.6 is 0 Å². The summed E-state index contributed by atoms with van der Waals surface area (Å²) in [7, 11) is 0. The van der Waals surface area contributed by atoms with E-state index < -0.39 is 5.60 Å². The van der Waals surface area contributed by atoms with Crippen LogP contribution in [-0.2, 0) is 4.74 Å². The SMILES string of the molecule is CC(C)(C)OC(=O)N1CCC(C(=O)c2cc3ccccc3o2)C1. The van der Waals surface area contributed by atoms with E-state index in [1.807, 2.05) is 45.0 Å². The molecule has 2 aromatic rings. The fraction of sp³-hybridized carbons (Fsp3) is 0.444. The first-order valence-corrected chi connectivity index (χ1v) is 7.84. The second-order valence-corrected chi connectivity index (χ2v) is 6.92. The summed E-state index contributed by atoms with van der Waals surface area (Å²) < 4.78 is 11.0. The van der Waals surface area contributed by atoms with Crippen LogP contribution < -0.4 is 0 Å². The lowest BCUT2D eigenvalue weighted by Crippen LogP contribution is -2.35. The predicted octanol–water partition coefficient (Wildman–Crippen LogP) is 3.87. The van der Waals surface area contributed by atoms with Gasteiger partial charge in [-0.2, -0.15) is 0 Å². The van der Waals surface area contributed by atoms with Crippen molar-refractivity contribution in [2.75, 3.05) is 13.1 Å². The van der Waals surface area contributed by atoms with Crippen molar-refractivity contribution in [1.82, 2.24) is 4.90 Å². The highest BCUT2D eigenvalue weighted by Gasteiger charge is 2.34. The number of ether oxygens (including phenoxy) is 1. The number of fused-ring (bicyclic) bond motifs is 1. The number of carbonyl (C=O) groups is 2. The quantitative estimate of drug-likeness (QED) is 0.789. The zero-order chi connectivity index (χ0) is 16.6. The van der Waals surface area contributed by atoms with Gasteiger partial charge in [0, 0.05) is 24.4 Å². The Morgan fingerprint density at radius 2 is 2.00 bits per heavy atom. The molecule has 0 N–H and O–H groups in total. The molecular weight excluding hydrogens is 294 g/mol. The van der Waals surface area contributed by atoms with Crippen LogP contribution in [0.25, 0.3) is 11.0 Å². The molecule has 1 unspecified atom stereocenters. The summed E-state index contributed by atoms with van der Waals surface area (Å²) in [6.45, 7) is 6.41. The lowest BCUT2D eigenvalue weighted by atomic mass is 10.0. The molecule has 2 heterocycles. The second kappa shape index (κ2) is 5.72. The molecule has 5 heteroatoms. The summed E-state index contributed by atoms with van der Waals surface area (Å²) in [6, 6.07) is 9.31. The van der Waals surface area contributed by atoms with Gasteiger partial charge in [-0.05, 0) is 39.3 Å². The van der Waals surface area contributed by atoms with Crippen molar-refractivity contribution >= 4 is 22.8 Å². The molecule has 0 bridgehead atoms. The third kappa shape index (κ3) is 3.38. The predicted molar refractivity (Wildman–Crippen MR) is 86.5 cm³/mol. The standard InChI is InChI=1S/C18H21NO4/c1-18(2,3)23-17(21)19-9-8-13(11-19)16(20)15-10-12-6-4-5-7-14(12)22-15/h4-7,10,13H,8-9,11H2,1-3H3. The molecule has 1 fully saturated rings. The van der Waals surface area contributed by atoms with Gasteiger partial charge in [0.25, 0.3) is 0 Å². The minimum absolute atomic E-state index is 0.0488. The van der Waals surface area contributed by atoms with Crippen LogP contribution in [0.4, 0.5) is 4.79 Å². The lowest BCUT2D eigenvalue weighted by molar-refractivity contribution is 0.0289. The van der Waals surface area contributed by atoms with Gasteiger partial charge < -0.3 is 14.1 Å². The van der Waals surface area contributed by atoms with Gasteiger partial charge in [-0.25, -0.2) is 4.79 Å². The molecule has 1 aromatic heterocycles. The molecule has 1 aromatic carbocycles. The largest absolute Gasteiger partial charge is 0.453 e. The molecule has 0 radical (unpaired) electrons.